The van der Waals surface area contributed by atoms with Crippen LogP contribution in [-0.4, -0.2) is 30.4 Å². The fourth-order valence-electron chi connectivity index (χ4n) is 2.23. The zero-order valence-corrected chi connectivity index (χ0v) is 11.2. The summed E-state index contributed by atoms with van der Waals surface area (Å²) in [5, 5.41) is 0. The lowest BCUT2D eigenvalue weighted by atomic mass is 10.0. The second-order valence-corrected chi connectivity index (χ2v) is 4.52. The number of likely N-dealkylation sites (tertiary alicyclic amines) is 1. The lowest BCUT2D eigenvalue weighted by Gasteiger charge is -2.21. The van der Waals surface area contributed by atoms with Crippen LogP contribution in [0.25, 0.3) is 5.70 Å². The van der Waals surface area contributed by atoms with Crippen molar-refractivity contribution in [3.05, 3.63) is 41.5 Å². The number of rotatable bonds is 3. The van der Waals surface area contributed by atoms with Crippen LogP contribution in [0.1, 0.15) is 24.0 Å². The molecule has 1 aromatic carbocycles. The lowest BCUT2D eigenvalue weighted by molar-refractivity contribution is -0.134. The van der Waals surface area contributed by atoms with Crippen LogP contribution < -0.4 is 0 Å². The van der Waals surface area contributed by atoms with Crippen molar-refractivity contribution < 1.29 is 14.3 Å². The van der Waals surface area contributed by atoms with Crippen molar-refractivity contribution in [1.82, 2.24) is 4.90 Å². The Kier molecular flexibility index (Phi) is 4.00. The predicted molar refractivity (Wildman–Crippen MR) is 72.1 cm³/mol. The minimum absolute atomic E-state index is 0.0541. The number of esters is 1. The molecule has 0 bridgehead atoms. The van der Waals surface area contributed by atoms with Crippen molar-refractivity contribution in [3.8, 4) is 0 Å². The largest absolute Gasteiger partial charge is 0.466 e. The van der Waals surface area contributed by atoms with E-state index in [1.807, 2.05) is 31.2 Å². The van der Waals surface area contributed by atoms with Gasteiger partial charge < -0.3 is 9.64 Å². The summed E-state index contributed by atoms with van der Waals surface area (Å²) in [6.45, 7) is 2.61. The van der Waals surface area contributed by atoms with Gasteiger partial charge in [0.1, 0.15) is 0 Å². The molecule has 0 spiro atoms. The highest BCUT2D eigenvalue weighted by molar-refractivity contribution is 5.97. The number of aryl methyl sites for hydroxylation is 1. The summed E-state index contributed by atoms with van der Waals surface area (Å²) in [6, 6.07) is 7.70. The molecule has 1 aliphatic heterocycles. The Morgan fingerprint density at radius 3 is 2.68 bits per heavy atom. The van der Waals surface area contributed by atoms with Gasteiger partial charge in [0.05, 0.1) is 12.8 Å². The van der Waals surface area contributed by atoms with Gasteiger partial charge in [0, 0.05) is 24.6 Å². The molecule has 1 fully saturated rings. The SMILES string of the molecule is COC(=O)C=C(c1ccccc1C)N1CCCC1=O. The molecule has 100 valence electrons. The van der Waals surface area contributed by atoms with Crippen molar-refractivity contribution in [3.63, 3.8) is 0 Å². The molecule has 1 heterocycles. The smallest absolute Gasteiger partial charge is 0.332 e. The van der Waals surface area contributed by atoms with Crippen LogP contribution in [-0.2, 0) is 14.3 Å². The first-order chi connectivity index (χ1) is 9.13. The maximum Gasteiger partial charge on any atom is 0.332 e. The van der Waals surface area contributed by atoms with Crippen LogP contribution in [0.2, 0.25) is 0 Å². The Morgan fingerprint density at radius 2 is 2.11 bits per heavy atom. The molecule has 4 nitrogen and oxygen atoms in total. The topological polar surface area (TPSA) is 46.6 Å². The second kappa shape index (κ2) is 5.69. The van der Waals surface area contributed by atoms with Crippen molar-refractivity contribution in [2.75, 3.05) is 13.7 Å². The Morgan fingerprint density at radius 1 is 1.37 bits per heavy atom. The number of ether oxygens (including phenoxy) is 1. The Hall–Kier alpha value is -2.10. The van der Waals surface area contributed by atoms with Gasteiger partial charge in [-0.05, 0) is 18.9 Å². The van der Waals surface area contributed by atoms with Crippen LogP contribution in [0.5, 0.6) is 0 Å². The molecule has 0 saturated carbocycles. The third-order valence-corrected chi connectivity index (χ3v) is 3.24. The number of hydrogen-bond donors (Lipinski definition) is 0. The number of amides is 1. The van der Waals surface area contributed by atoms with Crippen molar-refractivity contribution in [2.24, 2.45) is 0 Å². The van der Waals surface area contributed by atoms with Gasteiger partial charge in [0.25, 0.3) is 0 Å². The Labute approximate surface area is 112 Å². The van der Waals surface area contributed by atoms with E-state index in [4.69, 9.17) is 0 Å². The molecule has 1 amide bonds. The summed E-state index contributed by atoms with van der Waals surface area (Å²) in [4.78, 5) is 25.1. The van der Waals surface area contributed by atoms with Crippen LogP contribution in [0.15, 0.2) is 30.3 Å². The number of hydrogen-bond acceptors (Lipinski definition) is 3. The van der Waals surface area contributed by atoms with Gasteiger partial charge in [-0.25, -0.2) is 4.79 Å². The number of nitrogens with zero attached hydrogens (tertiary/aromatic N) is 1. The second-order valence-electron chi connectivity index (χ2n) is 4.52. The third-order valence-electron chi connectivity index (χ3n) is 3.24. The molecule has 0 aromatic heterocycles. The van der Waals surface area contributed by atoms with E-state index in [9.17, 15) is 9.59 Å². The monoisotopic (exact) mass is 259 g/mol. The quantitative estimate of drug-likeness (QED) is 0.617. The first-order valence-corrected chi connectivity index (χ1v) is 6.29. The number of methoxy groups -OCH3 is 1. The van der Waals surface area contributed by atoms with Gasteiger partial charge in [-0.3, -0.25) is 4.79 Å². The van der Waals surface area contributed by atoms with Gasteiger partial charge in [0.2, 0.25) is 5.91 Å². The Bertz CT molecular complexity index is 534. The summed E-state index contributed by atoms with van der Waals surface area (Å²) in [5.74, 6) is -0.392. The maximum atomic E-state index is 11.9. The molecule has 0 atom stereocenters. The van der Waals surface area contributed by atoms with Crippen molar-refractivity contribution in [1.29, 1.82) is 0 Å². The minimum atomic E-state index is -0.446. The highest BCUT2D eigenvalue weighted by Crippen LogP contribution is 2.27. The molecule has 0 radical (unpaired) electrons. The maximum absolute atomic E-state index is 11.9. The summed E-state index contributed by atoms with van der Waals surface area (Å²) >= 11 is 0. The highest BCUT2D eigenvalue weighted by atomic mass is 16.5. The van der Waals surface area contributed by atoms with Gasteiger partial charge in [0.15, 0.2) is 0 Å². The van der Waals surface area contributed by atoms with Crippen molar-refractivity contribution in [2.45, 2.75) is 19.8 Å². The number of carbonyl (C=O) groups is 2. The fourth-order valence-corrected chi connectivity index (χ4v) is 2.23. The summed E-state index contributed by atoms with van der Waals surface area (Å²) in [6.07, 6.45) is 2.75. The van der Waals surface area contributed by atoms with E-state index in [2.05, 4.69) is 4.74 Å². The molecule has 1 aromatic rings. The molecule has 19 heavy (non-hydrogen) atoms. The van der Waals surface area contributed by atoms with E-state index < -0.39 is 5.97 Å². The normalized spacial score (nSPS) is 15.8. The van der Waals surface area contributed by atoms with E-state index in [0.29, 0.717) is 18.7 Å². The van der Waals surface area contributed by atoms with Crippen LogP contribution >= 0.6 is 0 Å². The van der Waals surface area contributed by atoms with Crippen LogP contribution in [0, 0.1) is 6.92 Å². The molecule has 1 saturated heterocycles. The van der Waals surface area contributed by atoms with E-state index >= 15 is 0 Å². The van der Waals surface area contributed by atoms with E-state index in [1.54, 1.807) is 4.90 Å². The molecular weight excluding hydrogens is 242 g/mol. The minimum Gasteiger partial charge on any atom is -0.466 e. The molecule has 0 N–H and O–H groups in total. The standard InChI is InChI=1S/C15H17NO3/c1-11-6-3-4-7-12(11)13(10-15(18)19-2)16-9-5-8-14(16)17/h3-4,6-7,10H,5,8-9H2,1-2H3. The van der Waals surface area contributed by atoms with Gasteiger partial charge in [-0.15, -0.1) is 0 Å². The molecule has 1 aliphatic rings. The molecule has 0 unspecified atom stereocenters. The number of carbonyl (C=O) groups excluding carboxylic acids is 2. The third kappa shape index (κ3) is 2.84. The number of benzene rings is 1. The summed E-state index contributed by atoms with van der Waals surface area (Å²) in [5.41, 5.74) is 2.55. The zero-order valence-electron chi connectivity index (χ0n) is 11.2. The molecule has 0 aliphatic carbocycles. The van der Waals surface area contributed by atoms with E-state index in [-0.39, 0.29) is 5.91 Å². The fraction of sp³-hybridized carbons (Fsp3) is 0.333. The first-order valence-electron chi connectivity index (χ1n) is 6.29. The van der Waals surface area contributed by atoms with Gasteiger partial charge in [-0.1, -0.05) is 24.3 Å². The van der Waals surface area contributed by atoms with Crippen molar-refractivity contribution >= 4 is 17.6 Å². The Balaban J connectivity index is 2.46. The van der Waals surface area contributed by atoms with Crippen LogP contribution in [0.3, 0.4) is 0 Å². The molecule has 4 heteroatoms. The highest BCUT2D eigenvalue weighted by Gasteiger charge is 2.25. The zero-order chi connectivity index (χ0) is 13.8. The van der Waals surface area contributed by atoms with Crippen LogP contribution in [0.4, 0.5) is 0 Å². The average Bonchev–Trinajstić information content (AvgIpc) is 2.83. The first kappa shape index (κ1) is 13.3. The van der Waals surface area contributed by atoms with Gasteiger partial charge in [-0.2, -0.15) is 0 Å². The van der Waals surface area contributed by atoms with E-state index in [1.165, 1.54) is 13.2 Å². The lowest BCUT2D eigenvalue weighted by Crippen LogP contribution is -2.24. The summed E-state index contributed by atoms with van der Waals surface area (Å²) < 4.78 is 4.68. The molecule has 2 rings (SSSR count). The van der Waals surface area contributed by atoms with Gasteiger partial charge >= 0.3 is 5.97 Å². The molecular formula is C15H17NO3. The predicted octanol–water partition coefficient (Wildman–Crippen LogP) is 2.13. The average molecular weight is 259 g/mol. The van der Waals surface area contributed by atoms with E-state index in [0.717, 1.165) is 17.5 Å². The summed E-state index contributed by atoms with van der Waals surface area (Å²) in [7, 11) is 1.33.